The maximum absolute atomic E-state index is 11.9. The van der Waals surface area contributed by atoms with Gasteiger partial charge in [0.05, 0.1) is 6.61 Å². The molecular weight excluding hydrogens is 298 g/mol. The van der Waals surface area contributed by atoms with Crippen molar-refractivity contribution in [3.63, 3.8) is 0 Å². The number of benzene rings is 2. The number of aliphatic hydroxyl groups is 1. The number of hydrogen-bond acceptors (Lipinski definition) is 5. The van der Waals surface area contributed by atoms with Crippen LogP contribution < -0.4 is 5.32 Å². The van der Waals surface area contributed by atoms with Crippen LogP contribution in [0.1, 0.15) is 12.5 Å². The minimum absolute atomic E-state index is 0.220. The molecule has 0 saturated carbocycles. The Balaban J connectivity index is 1.79. The van der Waals surface area contributed by atoms with Gasteiger partial charge in [-0.1, -0.05) is 36.0 Å². The second kappa shape index (κ2) is 6.02. The van der Waals surface area contributed by atoms with Gasteiger partial charge in [-0.15, -0.1) is 0 Å². The fraction of sp³-hybridized carbons (Fsp3) is 0.235. The SMILES string of the molecule is CCOC(=O)C1(O)Cc2ccc(Sc3ccccc3)cc2N1. The van der Waals surface area contributed by atoms with Gasteiger partial charge < -0.3 is 15.2 Å². The lowest BCUT2D eigenvalue weighted by Crippen LogP contribution is -2.46. The molecule has 4 nitrogen and oxygen atoms in total. The molecule has 0 amide bonds. The summed E-state index contributed by atoms with van der Waals surface area (Å²) in [5, 5.41) is 13.3. The van der Waals surface area contributed by atoms with E-state index in [1.807, 2.05) is 48.5 Å². The molecule has 2 N–H and O–H groups in total. The monoisotopic (exact) mass is 315 g/mol. The zero-order valence-electron chi connectivity index (χ0n) is 12.2. The zero-order valence-corrected chi connectivity index (χ0v) is 13.0. The van der Waals surface area contributed by atoms with Crippen molar-refractivity contribution in [2.45, 2.75) is 28.9 Å². The first-order valence-corrected chi connectivity index (χ1v) is 7.96. The quantitative estimate of drug-likeness (QED) is 0.849. The molecule has 1 aliphatic heterocycles. The van der Waals surface area contributed by atoms with Crippen molar-refractivity contribution in [1.29, 1.82) is 0 Å². The van der Waals surface area contributed by atoms with Crippen LogP contribution in [0.2, 0.25) is 0 Å². The highest BCUT2D eigenvalue weighted by Gasteiger charge is 2.43. The van der Waals surface area contributed by atoms with E-state index >= 15 is 0 Å². The van der Waals surface area contributed by atoms with Gasteiger partial charge in [-0.3, -0.25) is 0 Å². The lowest BCUT2D eigenvalue weighted by molar-refractivity contribution is -0.161. The van der Waals surface area contributed by atoms with E-state index in [4.69, 9.17) is 4.74 Å². The molecule has 0 saturated heterocycles. The minimum Gasteiger partial charge on any atom is -0.462 e. The highest BCUT2D eigenvalue weighted by molar-refractivity contribution is 7.99. The lowest BCUT2D eigenvalue weighted by atomic mass is 10.1. The smallest absolute Gasteiger partial charge is 0.359 e. The predicted molar refractivity (Wildman–Crippen MR) is 85.9 cm³/mol. The number of rotatable bonds is 4. The van der Waals surface area contributed by atoms with E-state index in [1.165, 1.54) is 0 Å². The second-order valence-corrected chi connectivity index (χ2v) is 6.26. The third kappa shape index (κ3) is 2.96. The number of esters is 1. The summed E-state index contributed by atoms with van der Waals surface area (Å²) in [7, 11) is 0. The lowest BCUT2D eigenvalue weighted by Gasteiger charge is -2.20. The van der Waals surface area contributed by atoms with Gasteiger partial charge in [-0.25, -0.2) is 4.79 Å². The van der Waals surface area contributed by atoms with Crippen LogP contribution in [0.4, 0.5) is 5.69 Å². The topological polar surface area (TPSA) is 58.6 Å². The molecule has 0 radical (unpaired) electrons. The third-order valence-electron chi connectivity index (χ3n) is 3.46. The third-order valence-corrected chi connectivity index (χ3v) is 4.46. The standard InChI is InChI=1S/C17H17NO3S/c1-2-21-16(19)17(20)11-12-8-9-14(10-15(12)18-17)22-13-6-4-3-5-7-13/h3-10,18,20H,2,11H2,1H3. The van der Waals surface area contributed by atoms with Crippen molar-refractivity contribution >= 4 is 23.4 Å². The summed E-state index contributed by atoms with van der Waals surface area (Å²) in [5.41, 5.74) is 0.0263. The number of carbonyl (C=O) groups is 1. The number of fused-ring (bicyclic) bond motifs is 1. The number of hydrogen-bond donors (Lipinski definition) is 2. The Morgan fingerprint density at radius 3 is 2.77 bits per heavy atom. The second-order valence-electron chi connectivity index (χ2n) is 5.12. The molecule has 0 fully saturated rings. The van der Waals surface area contributed by atoms with Crippen LogP contribution in [0, 0.1) is 0 Å². The van der Waals surface area contributed by atoms with Crippen molar-refractivity contribution in [2.24, 2.45) is 0 Å². The van der Waals surface area contributed by atoms with Crippen LogP contribution in [0.3, 0.4) is 0 Å². The molecule has 0 aromatic heterocycles. The molecule has 1 unspecified atom stereocenters. The first-order chi connectivity index (χ1) is 10.6. The molecule has 1 heterocycles. The Kier molecular flexibility index (Phi) is 4.09. The Labute approximate surface area is 133 Å². The average molecular weight is 315 g/mol. The summed E-state index contributed by atoms with van der Waals surface area (Å²) in [6.07, 6.45) is 0.220. The van der Waals surface area contributed by atoms with Crippen molar-refractivity contribution in [3.8, 4) is 0 Å². The van der Waals surface area contributed by atoms with Gasteiger partial charge >= 0.3 is 5.97 Å². The maximum atomic E-state index is 11.9. The number of carbonyl (C=O) groups excluding carboxylic acids is 1. The summed E-state index contributed by atoms with van der Waals surface area (Å²) < 4.78 is 4.93. The summed E-state index contributed by atoms with van der Waals surface area (Å²) in [6.45, 7) is 1.96. The summed E-state index contributed by atoms with van der Waals surface area (Å²) in [4.78, 5) is 14.1. The fourth-order valence-electron chi connectivity index (χ4n) is 2.43. The first-order valence-electron chi connectivity index (χ1n) is 7.14. The molecule has 2 aromatic carbocycles. The van der Waals surface area contributed by atoms with Gasteiger partial charge in [0, 0.05) is 21.9 Å². The van der Waals surface area contributed by atoms with Gasteiger partial charge in [0.25, 0.3) is 0 Å². The van der Waals surface area contributed by atoms with E-state index in [1.54, 1.807) is 18.7 Å². The molecule has 3 rings (SSSR count). The minimum atomic E-state index is -1.66. The van der Waals surface area contributed by atoms with Gasteiger partial charge in [0.15, 0.2) is 0 Å². The molecule has 114 valence electrons. The Morgan fingerprint density at radius 1 is 1.27 bits per heavy atom. The van der Waals surface area contributed by atoms with Crippen LogP contribution in [0.15, 0.2) is 58.3 Å². The Morgan fingerprint density at radius 2 is 2.05 bits per heavy atom. The van der Waals surface area contributed by atoms with Crippen molar-refractivity contribution < 1.29 is 14.6 Å². The Bertz CT molecular complexity index is 690. The van der Waals surface area contributed by atoms with E-state index in [0.29, 0.717) is 0 Å². The van der Waals surface area contributed by atoms with E-state index in [0.717, 1.165) is 21.0 Å². The van der Waals surface area contributed by atoms with Crippen LogP contribution in [0.25, 0.3) is 0 Å². The summed E-state index contributed by atoms with van der Waals surface area (Å²) >= 11 is 1.63. The van der Waals surface area contributed by atoms with E-state index in [9.17, 15) is 9.90 Å². The van der Waals surface area contributed by atoms with Gasteiger partial charge in [-0.2, -0.15) is 0 Å². The zero-order chi connectivity index (χ0) is 15.6. The van der Waals surface area contributed by atoms with E-state index < -0.39 is 11.7 Å². The van der Waals surface area contributed by atoms with Crippen molar-refractivity contribution in [2.75, 3.05) is 11.9 Å². The van der Waals surface area contributed by atoms with Gasteiger partial charge in [-0.05, 0) is 36.8 Å². The van der Waals surface area contributed by atoms with Crippen molar-refractivity contribution in [3.05, 3.63) is 54.1 Å². The highest BCUT2D eigenvalue weighted by atomic mass is 32.2. The van der Waals surface area contributed by atoms with Gasteiger partial charge in [0.2, 0.25) is 5.72 Å². The number of nitrogens with one attached hydrogen (secondary N) is 1. The maximum Gasteiger partial charge on any atom is 0.359 e. The molecule has 5 heteroatoms. The molecule has 0 aliphatic carbocycles. The summed E-state index contributed by atoms with van der Waals surface area (Å²) in [5.74, 6) is -0.636. The van der Waals surface area contributed by atoms with Crippen LogP contribution in [-0.2, 0) is 16.0 Å². The first kappa shape index (κ1) is 14.9. The van der Waals surface area contributed by atoms with Crippen molar-refractivity contribution in [1.82, 2.24) is 0 Å². The van der Waals surface area contributed by atoms with Gasteiger partial charge in [0.1, 0.15) is 0 Å². The van der Waals surface area contributed by atoms with Crippen LogP contribution in [-0.4, -0.2) is 23.4 Å². The number of anilines is 1. The Hall–Kier alpha value is -1.98. The number of ether oxygens (including phenoxy) is 1. The molecule has 2 aromatic rings. The normalized spacial score (nSPS) is 19.4. The molecule has 1 atom stereocenters. The average Bonchev–Trinajstić information content (AvgIpc) is 2.85. The summed E-state index contributed by atoms with van der Waals surface area (Å²) in [6, 6.07) is 15.9. The van der Waals surface area contributed by atoms with Crippen LogP contribution in [0.5, 0.6) is 0 Å². The van der Waals surface area contributed by atoms with Crippen LogP contribution >= 0.6 is 11.8 Å². The van der Waals surface area contributed by atoms with E-state index in [2.05, 4.69) is 5.32 Å². The molecular formula is C17H17NO3S. The fourth-order valence-corrected chi connectivity index (χ4v) is 3.31. The largest absolute Gasteiger partial charge is 0.462 e. The molecule has 0 spiro atoms. The molecule has 0 bridgehead atoms. The predicted octanol–water partition coefficient (Wildman–Crippen LogP) is 3.06. The van der Waals surface area contributed by atoms with E-state index in [-0.39, 0.29) is 13.0 Å². The molecule has 1 aliphatic rings. The highest BCUT2D eigenvalue weighted by Crippen LogP contribution is 2.36. The molecule has 22 heavy (non-hydrogen) atoms.